The van der Waals surface area contributed by atoms with Gasteiger partial charge in [-0.25, -0.2) is 0 Å². The van der Waals surface area contributed by atoms with Gasteiger partial charge in [-0.2, -0.15) is 0 Å². The van der Waals surface area contributed by atoms with E-state index in [1.165, 1.54) is 0 Å². The van der Waals surface area contributed by atoms with Crippen molar-refractivity contribution in [1.29, 1.82) is 0 Å². The molecule has 4 nitrogen and oxygen atoms in total. The first-order valence-corrected chi connectivity index (χ1v) is 6.61. The Morgan fingerprint density at radius 1 is 1.32 bits per heavy atom. The van der Waals surface area contributed by atoms with Crippen molar-refractivity contribution in [3.8, 4) is 0 Å². The summed E-state index contributed by atoms with van der Waals surface area (Å²) >= 11 is 0. The van der Waals surface area contributed by atoms with Crippen LogP contribution in [0.1, 0.15) is 42.2 Å². The average molecular weight is 263 g/mol. The van der Waals surface area contributed by atoms with E-state index in [4.69, 9.17) is 13.6 Å². The molecular weight excluding hydrogens is 242 g/mol. The fourth-order valence-electron chi connectivity index (χ4n) is 2.12. The number of aryl methyl sites for hydroxylation is 1. The quantitative estimate of drug-likeness (QED) is 0.831. The molecule has 0 radical (unpaired) electrons. The van der Waals surface area contributed by atoms with E-state index in [0.29, 0.717) is 6.61 Å². The van der Waals surface area contributed by atoms with E-state index in [1.54, 1.807) is 13.4 Å². The third-order valence-corrected chi connectivity index (χ3v) is 3.06. The van der Waals surface area contributed by atoms with Gasteiger partial charge >= 0.3 is 0 Å². The Balaban J connectivity index is 2.23. The van der Waals surface area contributed by atoms with Crippen molar-refractivity contribution in [1.82, 2.24) is 5.32 Å². The van der Waals surface area contributed by atoms with E-state index in [2.05, 4.69) is 12.2 Å². The molecule has 19 heavy (non-hydrogen) atoms. The monoisotopic (exact) mass is 263 g/mol. The van der Waals surface area contributed by atoms with Crippen molar-refractivity contribution in [3.63, 3.8) is 0 Å². The fraction of sp³-hybridized carbons (Fsp3) is 0.467. The molecule has 0 saturated carbocycles. The van der Waals surface area contributed by atoms with Crippen LogP contribution in [0.4, 0.5) is 0 Å². The highest BCUT2D eigenvalue weighted by Gasteiger charge is 2.20. The second-order valence-electron chi connectivity index (χ2n) is 4.56. The number of methoxy groups -OCH3 is 1. The fourth-order valence-corrected chi connectivity index (χ4v) is 2.12. The smallest absolute Gasteiger partial charge is 0.129 e. The zero-order chi connectivity index (χ0) is 13.7. The number of hydrogen-bond acceptors (Lipinski definition) is 4. The average Bonchev–Trinajstić information content (AvgIpc) is 3.01. The van der Waals surface area contributed by atoms with Crippen LogP contribution in [0.3, 0.4) is 0 Å². The Hall–Kier alpha value is -1.52. The lowest BCUT2D eigenvalue weighted by atomic mass is 10.1. The van der Waals surface area contributed by atoms with Crippen molar-refractivity contribution in [3.05, 3.63) is 47.3 Å². The van der Waals surface area contributed by atoms with Gasteiger partial charge in [0, 0.05) is 12.7 Å². The summed E-state index contributed by atoms with van der Waals surface area (Å²) in [6, 6.07) is 5.97. The molecule has 0 aromatic carbocycles. The molecule has 104 valence electrons. The second kappa shape index (κ2) is 6.59. The molecular formula is C15H21NO3. The van der Waals surface area contributed by atoms with Crippen LogP contribution in [0.25, 0.3) is 0 Å². The summed E-state index contributed by atoms with van der Waals surface area (Å²) in [4.78, 5) is 0. The SMILES string of the molecule is CCCNC(c1ccc(COC)o1)c1ccoc1C. The first-order valence-electron chi connectivity index (χ1n) is 6.61. The van der Waals surface area contributed by atoms with Gasteiger partial charge in [0.2, 0.25) is 0 Å². The maximum Gasteiger partial charge on any atom is 0.129 e. The van der Waals surface area contributed by atoms with Gasteiger partial charge < -0.3 is 18.9 Å². The van der Waals surface area contributed by atoms with E-state index < -0.39 is 0 Å². The van der Waals surface area contributed by atoms with Crippen LogP contribution in [0.15, 0.2) is 33.3 Å². The van der Waals surface area contributed by atoms with Crippen LogP contribution in [-0.4, -0.2) is 13.7 Å². The number of rotatable bonds is 7. The first kappa shape index (κ1) is 13.9. The van der Waals surface area contributed by atoms with E-state index in [-0.39, 0.29) is 6.04 Å². The maximum absolute atomic E-state index is 5.83. The molecule has 0 fully saturated rings. The number of nitrogens with one attached hydrogen (secondary N) is 1. The Morgan fingerprint density at radius 3 is 2.79 bits per heavy atom. The van der Waals surface area contributed by atoms with Crippen molar-refractivity contribution in [2.75, 3.05) is 13.7 Å². The van der Waals surface area contributed by atoms with Gasteiger partial charge in [-0.15, -0.1) is 0 Å². The van der Waals surface area contributed by atoms with Crippen molar-refractivity contribution in [2.45, 2.75) is 32.9 Å². The van der Waals surface area contributed by atoms with Gasteiger partial charge in [-0.05, 0) is 38.1 Å². The summed E-state index contributed by atoms with van der Waals surface area (Å²) < 4.78 is 16.3. The minimum absolute atomic E-state index is 0.0318. The molecule has 0 bridgehead atoms. The van der Waals surface area contributed by atoms with E-state index in [1.807, 2.05) is 25.1 Å². The van der Waals surface area contributed by atoms with Crippen molar-refractivity contribution < 1.29 is 13.6 Å². The highest BCUT2D eigenvalue weighted by atomic mass is 16.5. The highest BCUT2D eigenvalue weighted by molar-refractivity contribution is 5.28. The minimum atomic E-state index is 0.0318. The Morgan fingerprint density at radius 2 is 2.16 bits per heavy atom. The molecule has 1 atom stereocenters. The molecule has 0 aliphatic carbocycles. The van der Waals surface area contributed by atoms with Crippen LogP contribution in [0, 0.1) is 6.92 Å². The lowest BCUT2D eigenvalue weighted by molar-refractivity contribution is 0.162. The van der Waals surface area contributed by atoms with Gasteiger partial charge in [0.1, 0.15) is 23.9 Å². The molecule has 0 spiro atoms. The minimum Gasteiger partial charge on any atom is -0.469 e. The summed E-state index contributed by atoms with van der Waals surface area (Å²) in [7, 11) is 1.66. The predicted octanol–water partition coefficient (Wildman–Crippen LogP) is 3.42. The van der Waals surface area contributed by atoms with Crippen molar-refractivity contribution in [2.24, 2.45) is 0 Å². The molecule has 2 aromatic rings. The molecule has 2 heterocycles. The molecule has 1 unspecified atom stereocenters. The molecule has 1 N–H and O–H groups in total. The summed E-state index contributed by atoms with van der Waals surface area (Å²) in [6.07, 6.45) is 2.78. The van der Waals surface area contributed by atoms with Crippen LogP contribution in [0.5, 0.6) is 0 Å². The topological polar surface area (TPSA) is 47.5 Å². The molecule has 4 heteroatoms. The zero-order valence-electron chi connectivity index (χ0n) is 11.7. The van der Waals surface area contributed by atoms with Crippen LogP contribution in [0.2, 0.25) is 0 Å². The zero-order valence-corrected chi connectivity index (χ0v) is 11.7. The van der Waals surface area contributed by atoms with Gasteiger partial charge in [-0.1, -0.05) is 6.92 Å². The van der Waals surface area contributed by atoms with E-state index in [0.717, 1.165) is 35.8 Å². The van der Waals surface area contributed by atoms with Gasteiger partial charge in [0.05, 0.1) is 12.3 Å². The highest BCUT2D eigenvalue weighted by Crippen LogP contribution is 2.27. The summed E-state index contributed by atoms with van der Waals surface area (Å²) in [5, 5.41) is 3.49. The maximum atomic E-state index is 5.83. The number of hydrogen-bond donors (Lipinski definition) is 1. The molecule has 2 aromatic heterocycles. The lowest BCUT2D eigenvalue weighted by Crippen LogP contribution is -2.23. The largest absolute Gasteiger partial charge is 0.469 e. The molecule has 0 saturated heterocycles. The standard InChI is InChI=1S/C15H21NO3/c1-4-8-16-15(13-7-9-18-11(13)2)14-6-5-12(19-14)10-17-3/h5-7,9,15-16H,4,8,10H2,1-3H3. The van der Waals surface area contributed by atoms with Crippen LogP contribution < -0.4 is 5.32 Å². The van der Waals surface area contributed by atoms with Gasteiger partial charge in [0.15, 0.2) is 0 Å². The number of ether oxygens (including phenoxy) is 1. The molecule has 0 aliphatic heterocycles. The summed E-state index contributed by atoms with van der Waals surface area (Å²) in [5.74, 6) is 2.64. The van der Waals surface area contributed by atoms with E-state index in [9.17, 15) is 0 Å². The summed E-state index contributed by atoms with van der Waals surface area (Å²) in [6.45, 7) is 5.53. The van der Waals surface area contributed by atoms with Gasteiger partial charge in [0.25, 0.3) is 0 Å². The normalized spacial score (nSPS) is 12.8. The number of furan rings is 2. The molecule has 0 amide bonds. The Bertz CT molecular complexity index is 501. The Kier molecular flexibility index (Phi) is 4.82. The molecule has 2 rings (SSSR count). The van der Waals surface area contributed by atoms with Crippen molar-refractivity contribution >= 4 is 0 Å². The molecule has 0 aliphatic rings. The third kappa shape index (κ3) is 3.28. The second-order valence-corrected chi connectivity index (χ2v) is 4.56. The third-order valence-electron chi connectivity index (χ3n) is 3.06. The first-order chi connectivity index (χ1) is 9.26. The summed E-state index contributed by atoms with van der Waals surface area (Å²) in [5.41, 5.74) is 1.12. The lowest BCUT2D eigenvalue weighted by Gasteiger charge is -2.15. The predicted molar refractivity (Wildman–Crippen MR) is 73.0 cm³/mol. The Labute approximate surface area is 113 Å². The van der Waals surface area contributed by atoms with Gasteiger partial charge in [-0.3, -0.25) is 0 Å². The van der Waals surface area contributed by atoms with Crippen LogP contribution in [-0.2, 0) is 11.3 Å². The van der Waals surface area contributed by atoms with E-state index >= 15 is 0 Å². The van der Waals surface area contributed by atoms with Crippen LogP contribution >= 0.6 is 0 Å².